The highest BCUT2D eigenvalue weighted by Crippen LogP contribution is 2.10. The number of hydrogen-bond acceptors (Lipinski definition) is 3. The summed E-state index contributed by atoms with van der Waals surface area (Å²) in [5.41, 5.74) is 0.545. The van der Waals surface area contributed by atoms with E-state index in [0.717, 1.165) is 0 Å². The number of nitrogens with zero attached hydrogens (tertiary/aromatic N) is 2. The Balaban J connectivity index is 2.80. The van der Waals surface area contributed by atoms with Crippen molar-refractivity contribution < 1.29 is 9.59 Å². The first-order valence-corrected chi connectivity index (χ1v) is 4.77. The average molecular weight is 219 g/mol. The fraction of sp³-hybridized carbons (Fsp3) is 0.182. The Morgan fingerprint density at radius 1 is 1.44 bits per heavy atom. The molecule has 1 N–H and O–H groups in total. The van der Waals surface area contributed by atoms with Crippen LogP contribution in [0.5, 0.6) is 0 Å². The molecule has 84 valence electrons. The van der Waals surface area contributed by atoms with Gasteiger partial charge in [0.1, 0.15) is 0 Å². The Bertz CT molecular complexity index is 383. The highest BCUT2D eigenvalue weighted by Gasteiger charge is 2.24. The minimum atomic E-state index is -0.448. The Labute approximate surface area is 93.8 Å². The first kappa shape index (κ1) is 11.9. The van der Waals surface area contributed by atoms with E-state index < -0.39 is 6.03 Å². The maximum Gasteiger partial charge on any atom is 0.328 e. The molecule has 0 radical (unpaired) electrons. The summed E-state index contributed by atoms with van der Waals surface area (Å²) in [6.07, 6.45) is 6.30. The van der Waals surface area contributed by atoms with Gasteiger partial charge in [0.15, 0.2) is 0 Å². The lowest BCUT2D eigenvalue weighted by Gasteiger charge is -2.26. The van der Waals surface area contributed by atoms with Crippen molar-refractivity contribution in [3.63, 3.8) is 0 Å². The molecule has 1 saturated heterocycles. The lowest BCUT2D eigenvalue weighted by molar-refractivity contribution is -0.121. The number of carbonyl (C=O) groups excluding carboxylic acids is 2. The Hall–Kier alpha value is -2.17. The van der Waals surface area contributed by atoms with Gasteiger partial charge in [-0.15, -0.1) is 0 Å². The van der Waals surface area contributed by atoms with E-state index in [1.54, 1.807) is 0 Å². The molecule has 1 rings (SSSR count). The molecule has 0 spiro atoms. The van der Waals surface area contributed by atoms with Crippen LogP contribution in [-0.4, -0.2) is 29.6 Å². The molecule has 1 aliphatic heterocycles. The number of allylic oxidation sites excluding steroid dienone is 2. The molecule has 16 heavy (non-hydrogen) atoms. The van der Waals surface area contributed by atoms with Crippen molar-refractivity contribution in [1.29, 1.82) is 0 Å². The summed E-state index contributed by atoms with van der Waals surface area (Å²) >= 11 is 0. The molecule has 0 aromatic heterocycles. The molecule has 0 unspecified atom stereocenters. The molecule has 0 bridgehead atoms. The molecule has 1 aliphatic rings. The van der Waals surface area contributed by atoms with Crippen molar-refractivity contribution >= 4 is 18.2 Å². The van der Waals surface area contributed by atoms with Crippen LogP contribution >= 0.6 is 0 Å². The molecular formula is C11H13N3O2. The second-order valence-corrected chi connectivity index (χ2v) is 3.05. The van der Waals surface area contributed by atoms with Crippen molar-refractivity contribution in [2.24, 2.45) is 4.99 Å². The van der Waals surface area contributed by atoms with Crippen molar-refractivity contribution in [2.75, 3.05) is 6.54 Å². The Kier molecular flexibility index (Phi) is 4.20. The molecular weight excluding hydrogens is 206 g/mol. The van der Waals surface area contributed by atoms with Crippen LogP contribution in [0.2, 0.25) is 0 Å². The number of rotatable bonds is 4. The van der Waals surface area contributed by atoms with Crippen LogP contribution in [0.3, 0.4) is 0 Å². The van der Waals surface area contributed by atoms with Gasteiger partial charge in [-0.3, -0.25) is 20.0 Å². The molecule has 0 atom stereocenters. The van der Waals surface area contributed by atoms with Gasteiger partial charge < -0.3 is 0 Å². The molecule has 3 amide bonds. The van der Waals surface area contributed by atoms with E-state index in [4.69, 9.17) is 0 Å². The SMILES string of the molecule is C=CC=N/C=C(\C=C)N1CCC(=O)NC1=O. The zero-order valence-electron chi connectivity index (χ0n) is 8.85. The standard InChI is InChI=1S/C11H13N3O2/c1-3-6-12-8-9(4-2)14-7-5-10(15)13-11(14)16/h3-4,6,8H,1-2,5,7H2,(H,13,15,16)/b9-8+,12-6?. The number of hydrogen-bond donors (Lipinski definition) is 1. The van der Waals surface area contributed by atoms with Gasteiger partial charge in [0.25, 0.3) is 0 Å². The summed E-state index contributed by atoms with van der Waals surface area (Å²) in [6.45, 7) is 7.41. The minimum Gasteiger partial charge on any atom is -0.292 e. The second kappa shape index (κ2) is 5.65. The molecule has 1 fully saturated rings. The zero-order valence-corrected chi connectivity index (χ0v) is 8.85. The normalized spacial score (nSPS) is 17.5. The van der Waals surface area contributed by atoms with E-state index in [1.807, 2.05) is 0 Å². The van der Waals surface area contributed by atoms with Crippen LogP contribution in [0, 0.1) is 0 Å². The van der Waals surface area contributed by atoms with Gasteiger partial charge in [0.2, 0.25) is 5.91 Å². The van der Waals surface area contributed by atoms with Gasteiger partial charge in [0, 0.05) is 19.2 Å². The highest BCUT2D eigenvalue weighted by atomic mass is 16.2. The van der Waals surface area contributed by atoms with Gasteiger partial charge in [-0.05, 0) is 6.08 Å². The third-order valence-corrected chi connectivity index (χ3v) is 1.97. The van der Waals surface area contributed by atoms with Gasteiger partial charge in [-0.2, -0.15) is 0 Å². The summed E-state index contributed by atoms with van der Waals surface area (Å²) in [4.78, 5) is 27.7. The van der Waals surface area contributed by atoms with Crippen molar-refractivity contribution in [2.45, 2.75) is 6.42 Å². The molecule has 0 aromatic carbocycles. The first-order chi connectivity index (χ1) is 7.69. The predicted octanol–water partition coefficient (Wildman–Crippen LogP) is 1.21. The minimum absolute atomic E-state index is 0.265. The van der Waals surface area contributed by atoms with E-state index >= 15 is 0 Å². The van der Waals surface area contributed by atoms with Gasteiger partial charge in [-0.25, -0.2) is 4.79 Å². The van der Waals surface area contributed by atoms with Crippen LogP contribution in [0.25, 0.3) is 0 Å². The van der Waals surface area contributed by atoms with Gasteiger partial charge in [0.05, 0.1) is 11.9 Å². The zero-order chi connectivity index (χ0) is 12.0. The summed E-state index contributed by atoms with van der Waals surface area (Å²) in [5, 5.41) is 2.22. The molecule has 0 saturated carbocycles. The lowest BCUT2D eigenvalue weighted by atomic mass is 10.3. The molecule has 5 heteroatoms. The Morgan fingerprint density at radius 2 is 2.19 bits per heavy atom. The van der Waals surface area contributed by atoms with Crippen LogP contribution in [0.15, 0.2) is 42.2 Å². The fourth-order valence-corrected chi connectivity index (χ4v) is 1.22. The third-order valence-electron chi connectivity index (χ3n) is 1.97. The molecule has 5 nitrogen and oxygen atoms in total. The number of carbonyl (C=O) groups is 2. The number of urea groups is 1. The summed E-state index contributed by atoms with van der Waals surface area (Å²) in [7, 11) is 0. The average Bonchev–Trinajstić information content (AvgIpc) is 2.26. The fourth-order valence-electron chi connectivity index (χ4n) is 1.22. The van der Waals surface area contributed by atoms with E-state index in [2.05, 4.69) is 23.5 Å². The number of nitrogens with one attached hydrogen (secondary N) is 1. The lowest BCUT2D eigenvalue weighted by Crippen LogP contribution is -2.48. The van der Waals surface area contributed by atoms with Gasteiger partial charge >= 0.3 is 6.03 Å². The van der Waals surface area contributed by atoms with Gasteiger partial charge in [-0.1, -0.05) is 19.2 Å². The van der Waals surface area contributed by atoms with E-state index in [1.165, 1.54) is 29.5 Å². The van der Waals surface area contributed by atoms with E-state index in [0.29, 0.717) is 12.2 Å². The number of amides is 3. The molecule has 1 heterocycles. The summed E-state index contributed by atoms with van der Waals surface area (Å²) in [5.74, 6) is -0.265. The van der Waals surface area contributed by atoms with Crippen LogP contribution < -0.4 is 5.32 Å². The summed E-state index contributed by atoms with van der Waals surface area (Å²) in [6, 6.07) is -0.448. The summed E-state index contributed by atoms with van der Waals surface area (Å²) < 4.78 is 0. The quantitative estimate of drug-likeness (QED) is 0.570. The monoisotopic (exact) mass is 219 g/mol. The first-order valence-electron chi connectivity index (χ1n) is 4.77. The van der Waals surface area contributed by atoms with Crippen molar-refractivity contribution in [3.05, 3.63) is 37.2 Å². The molecule has 0 aromatic rings. The highest BCUT2D eigenvalue weighted by molar-refractivity contribution is 5.97. The maximum atomic E-state index is 11.5. The maximum absolute atomic E-state index is 11.5. The Morgan fingerprint density at radius 3 is 2.75 bits per heavy atom. The number of imide groups is 1. The second-order valence-electron chi connectivity index (χ2n) is 3.05. The number of aliphatic imine (C=N–C) groups is 1. The third kappa shape index (κ3) is 2.91. The van der Waals surface area contributed by atoms with Crippen LogP contribution in [0.1, 0.15) is 6.42 Å². The van der Waals surface area contributed by atoms with Crippen molar-refractivity contribution in [1.82, 2.24) is 10.2 Å². The smallest absolute Gasteiger partial charge is 0.292 e. The van der Waals surface area contributed by atoms with E-state index in [9.17, 15) is 9.59 Å². The van der Waals surface area contributed by atoms with Crippen molar-refractivity contribution in [3.8, 4) is 0 Å². The molecule has 0 aliphatic carbocycles. The predicted molar refractivity (Wildman–Crippen MR) is 61.8 cm³/mol. The topological polar surface area (TPSA) is 61.8 Å². The van der Waals surface area contributed by atoms with Crippen LogP contribution in [-0.2, 0) is 4.79 Å². The largest absolute Gasteiger partial charge is 0.328 e. The van der Waals surface area contributed by atoms with Crippen LogP contribution in [0.4, 0.5) is 4.79 Å². The van der Waals surface area contributed by atoms with E-state index in [-0.39, 0.29) is 12.3 Å².